The molecule has 3 fully saturated rings. The van der Waals surface area contributed by atoms with E-state index in [0.717, 1.165) is 17.8 Å². The number of piperidine rings is 1. The van der Waals surface area contributed by atoms with Crippen LogP contribution >= 0.6 is 0 Å². The minimum absolute atomic E-state index is 0.125. The third-order valence-electron chi connectivity index (χ3n) is 4.34. The predicted octanol–water partition coefficient (Wildman–Crippen LogP) is 0.617. The van der Waals surface area contributed by atoms with Crippen molar-refractivity contribution in [1.82, 2.24) is 5.32 Å². The molecule has 0 aromatic heterocycles. The highest BCUT2D eigenvalue weighted by Crippen LogP contribution is 2.60. The van der Waals surface area contributed by atoms with Crippen LogP contribution in [0.4, 0.5) is 0 Å². The Labute approximate surface area is 77.5 Å². The van der Waals surface area contributed by atoms with Crippen LogP contribution in [0.2, 0.25) is 0 Å². The standard InChI is InChI=1S/C10H14N2O/c1-10-2-7(10)9(12-13-10)8-5-3-11-4-6(5)8/h5-8,11H,2-4H2,1H3. The first-order valence-electron chi connectivity index (χ1n) is 5.26. The van der Waals surface area contributed by atoms with Gasteiger partial charge in [-0.05, 0) is 31.8 Å². The van der Waals surface area contributed by atoms with Crippen LogP contribution in [-0.2, 0) is 4.84 Å². The average molecular weight is 178 g/mol. The SMILES string of the molecule is CC12CC1C(C1C3CNCC31)=NO2. The minimum Gasteiger partial charge on any atom is -0.389 e. The molecular formula is C10H14N2O. The molecule has 2 saturated carbocycles. The molecule has 4 unspecified atom stereocenters. The van der Waals surface area contributed by atoms with Crippen molar-refractivity contribution in [2.75, 3.05) is 13.1 Å². The fourth-order valence-corrected chi connectivity index (χ4v) is 3.24. The van der Waals surface area contributed by atoms with Crippen LogP contribution in [0, 0.1) is 23.7 Å². The highest BCUT2D eigenvalue weighted by Gasteiger charge is 2.67. The van der Waals surface area contributed by atoms with Crippen molar-refractivity contribution in [2.24, 2.45) is 28.8 Å². The molecule has 3 nitrogen and oxygen atoms in total. The van der Waals surface area contributed by atoms with Crippen molar-refractivity contribution in [3.63, 3.8) is 0 Å². The predicted molar refractivity (Wildman–Crippen MR) is 48.4 cm³/mol. The van der Waals surface area contributed by atoms with E-state index >= 15 is 0 Å². The monoisotopic (exact) mass is 178 g/mol. The Balaban J connectivity index is 1.59. The zero-order chi connectivity index (χ0) is 8.63. The summed E-state index contributed by atoms with van der Waals surface area (Å²) < 4.78 is 0. The van der Waals surface area contributed by atoms with Crippen LogP contribution in [0.3, 0.4) is 0 Å². The summed E-state index contributed by atoms with van der Waals surface area (Å²) in [4.78, 5) is 5.46. The molecule has 1 saturated heterocycles. The quantitative estimate of drug-likeness (QED) is 0.638. The molecule has 70 valence electrons. The fraction of sp³-hybridized carbons (Fsp3) is 0.900. The van der Waals surface area contributed by atoms with Crippen molar-refractivity contribution >= 4 is 5.71 Å². The molecule has 0 radical (unpaired) electrons. The Kier molecular flexibility index (Phi) is 0.934. The van der Waals surface area contributed by atoms with Gasteiger partial charge in [0.05, 0.1) is 5.71 Å². The molecule has 2 aliphatic heterocycles. The van der Waals surface area contributed by atoms with Gasteiger partial charge in [0.15, 0.2) is 0 Å². The maximum absolute atomic E-state index is 5.46. The van der Waals surface area contributed by atoms with Crippen LogP contribution in [0.5, 0.6) is 0 Å². The van der Waals surface area contributed by atoms with E-state index in [1.807, 2.05) is 0 Å². The van der Waals surface area contributed by atoms with Crippen LogP contribution in [-0.4, -0.2) is 24.4 Å². The maximum Gasteiger partial charge on any atom is 0.144 e. The van der Waals surface area contributed by atoms with Crippen molar-refractivity contribution < 1.29 is 4.84 Å². The Morgan fingerprint density at radius 3 is 2.77 bits per heavy atom. The van der Waals surface area contributed by atoms with Crippen molar-refractivity contribution in [2.45, 2.75) is 18.9 Å². The van der Waals surface area contributed by atoms with E-state index in [9.17, 15) is 0 Å². The lowest BCUT2D eigenvalue weighted by molar-refractivity contribution is 0.0618. The molecular weight excluding hydrogens is 164 g/mol. The van der Waals surface area contributed by atoms with Gasteiger partial charge in [-0.1, -0.05) is 5.16 Å². The molecule has 0 bridgehead atoms. The van der Waals surface area contributed by atoms with Crippen LogP contribution in [0.15, 0.2) is 5.16 Å². The third-order valence-corrected chi connectivity index (χ3v) is 4.34. The average Bonchev–Trinajstić information content (AvgIpc) is 2.87. The Morgan fingerprint density at radius 1 is 1.46 bits per heavy atom. The van der Waals surface area contributed by atoms with Crippen molar-refractivity contribution in [3.8, 4) is 0 Å². The summed E-state index contributed by atoms with van der Waals surface area (Å²) in [5.41, 5.74) is 1.53. The van der Waals surface area contributed by atoms with Gasteiger partial charge in [-0.2, -0.15) is 0 Å². The van der Waals surface area contributed by atoms with Gasteiger partial charge in [0.2, 0.25) is 0 Å². The van der Waals surface area contributed by atoms with E-state index in [1.165, 1.54) is 25.2 Å². The van der Waals surface area contributed by atoms with Crippen LogP contribution in [0.1, 0.15) is 13.3 Å². The molecule has 4 aliphatic rings. The summed E-state index contributed by atoms with van der Waals surface area (Å²) in [6.45, 7) is 4.60. The first-order valence-corrected chi connectivity index (χ1v) is 5.26. The number of hydrogen-bond acceptors (Lipinski definition) is 3. The zero-order valence-electron chi connectivity index (χ0n) is 7.79. The van der Waals surface area contributed by atoms with E-state index in [0.29, 0.717) is 5.92 Å². The topological polar surface area (TPSA) is 33.6 Å². The molecule has 0 aromatic carbocycles. The summed E-state index contributed by atoms with van der Waals surface area (Å²) in [6, 6.07) is 0. The first kappa shape index (κ1) is 6.82. The Bertz CT molecular complexity index is 304. The number of nitrogens with zero attached hydrogens (tertiary/aromatic N) is 1. The molecule has 0 amide bonds. The number of rotatable bonds is 1. The van der Waals surface area contributed by atoms with Crippen LogP contribution in [0.25, 0.3) is 0 Å². The normalized spacial score (nSPS) is 60.8. The Hall–Kier alpha value is -0.570. The smallest absolute Gasteiger partial charge is 0.144 e. The summed E-state index contributed by atoms with van der Waals surface area (Å²) in [5, 5.41) is 7.69. The van der Waals surface area contributed by atoms with Crippen molar-refractivity contribution in [1.29, 1.82) is 0 Å². The molecule has 4 atom stereocenters. The van der Waals surface area contributed by atoms with Crippen molar-refractivity contribution in [3.05, 3.63) is 0 Å². The van der Waals surface area contributed by atoms with E-state index in [4.69, 9.17) is 4.84 Å². The van der Waals surface area contributed by atoms with E-state index < -0.39 is 0 Å². The minimum atomic E-state index is 0.125. The zero-order valence-corrected chi connectivity index (χ0v) is 7.79. The number of oxime groups is 1. The highest BCUT2D eigenvalue weighted by molar-refractivity contribution is 5.96. The second-order valence-corrected chi connectivity index (χ2v) is 5.19. The number of nitrogens with one attached hydrogen (secondary N) is 1. The summed E-state index contributed by atoms with van der Waals surface area (Å²) in [5.74, 6) is 3.26. The molecule has 13 heavy (non-hydrogen) atoms. The van der Waals surface area contributed by atoms with E-state index in [2.05, 4.69) is 17.4 Å². The molecule has 4 rings (SSSR count). The summed E-state index contributed by atoms with van der Waals surface area (Å²) in [7, 11) is 0. The molecule has 1 N–H and O–H groups in total. The summed E-state index contributed by atoms with van der Waals surface area (Å²) >= 11 is 0. The molecule has 0 aromatic rings. The molecule has 0 spiro atoms. The molecule has 2 heterocycles. The van der Waals surface area contributed by atoms with E-state index in [1.54, 1.807) is 0 Å². The van der Waals surface area contributed by atoms with Gasteiger partial charge in [-0.25, -0.2) is 0 Å². The van der Waals surface area contributed by atoms with Gasteiger partial charge in [0.25, 0.3) is 0 Å². The van der Waals surface area contributed by atoms with Gasteiger partial charge < -0.3 is 10.2 Å². The van der Waals surface area contributed by atoms with Gasteiger partial charge in [-0.3, -0.25) is 0 Å². The highest BCUT2D eigenvalue weighted by atomic mass is 16.7. The van der Waals surface area contributed by atoms with Gasteiger partial charge >= 0.3 is 0 Å². The summed E-state index contributed by atoms with van der Waals surface area (Å²) in [6.07, 6.45) is 1.22. The number of hydrogen-bond donors (Lipinski definition) is 1. The lowest BCUT2D eigenvalue weighted by Gasteiger charge is -2.02. The molecule has 2 aliphatic carbocycles. The Morgan fingerprint density at radius 2 is 2.23 bits per heavy atom. The second kappa shape index (κ2) is 1.78. The largest absolute Gasteiger partial charge is 0.389 e. The molecule has 3 heteroatoms. The van der Waals surface area contributed by atoms with E-state index in [-0.39, 0.29) is 5.60 Å². The number of fused-ring (bicyclic) bond motifs is 2. The fourth-order valence-electron chi connectivity index (χ4n) is 3.24. The van der Waals surface area contributed by atoms with Crippen LogP contribution < -0.4 is 5.32 Å². The first-order chi connectivity index (χ1) is 6.30. The van der Waals surface area contributed by atoms with Gasteiger partial charge in [-0.15, -0.1) is 0 Å². The second-order valence-electron chi connectivity index (χ2n) is 5.19. The third kappa shape index (κ3) is 0.688. The lowest BCUT2D eigenvalue weighted by Crippen LogP contribution is -2.19. The lowest BCUT2D eigenvalue weighted by atomic mass is 10.1. The maximum atomic E-state index is 5.46. The van der Waals surface area contributed by atoms with Gasteiger partial charge in [0.1, 0.15) is 5.60 Å². The van der Waals surface area contributed by atoms with Gasteiger partial charge in [0, 0.05) is 18.3 Å².